The molecular formula is C13H13Cl2F3N2O. The van der Waals surface area contributed by atoms with Crippen LogP contribution in [-0.4, -0.2) is 34.8 Å². The highest BCUT2D eigenvalue weighted by molar-refractivity contribution is 6.31. The number of fused-ring (bicyclic) bond motifs is 1. The van der Waals surface area contributed by atoms with Gasteiger partial charge in [-0.15, -0.1) is 11.6 Å². The van der Waals surface area contributed by atoms with Crippen molar-refractivity contribution < 1.29 is 17.9 Å². The van der Waals surface area contributed by atoms with E-state index in [0.29, 0.717) is 23.1 Å². The van der Waals surface area contributed by atoms with Crippen LogP contribution in [0.25, 0.3) is 11.0 Å². The summed E-state index contributed by atoms with van der Waals surface area (Å²) in [6.07, 6.45) is -3.80. The number of benzene rings is 1. The van der Waals surface area contributed by atoms with E-state index in [2.05, 4.69) is 9.72 Å². The molecule has 0 spiro atoms. The molecule has 0 bridgehead atoms. The van der Waals surface area contributed by atoms with Gasteiger partial charge >= 0.3 is 6.18 Å². The van der Waals surface area contributed by atoms with Crippen LogP contribution in [0, 0.1) is 0 Å². The largest absolute Gasteiger partial charge is 0.411 e. The number of aryl methyl sites for hydroxylation is 1. The average molecular weight is 341 g/mol. The Labute approximate surface area is 129 Å². The first kappa shape index (κ1) is 16.4. The number of nitrogens with zero attached hydrogens (tertiary/aromatic N) is 2. The van der Waals surface area contributed by atoms with Crippen LogP contribution in [0.2, 0.25) is 5.02 Å². The maximum Gasteiger partial charge on any atom is 0.411 e. The van der Waals surface area contributed by atoms with Gasteiger partial charge in [0.2, 0.25) is 0 Å². The second kappa shape index (κ2) is 6.85. The molecule has 2 aromatic rings. The standard InChI is InChI=1S/C13H13Cl2F3N2O/c14-4-3-12-19-10-2-1-9(15)7-11(10)20(12)5-6-21-8-13(16,17)18/h1-2,7H,3-6,8H2. The van der Waals surface area contributed by atoms with Gasteiger partial charge in [0.25, 0.3) is 0 Å². The number of ether oxygens (including phenoxy) is 1. The lowest BCUT2D eigenvalue weighted by Crippen LogP contribution is -2.19. The number of hydrogen-bond donors (Lipinski definition) is 0. The Hall–Kier alpha value is -0.980. The second-order valence-electron chi connectivity index (χ2n) is 4.42. The first-order valence-corrected chi connectivity index (χ1v) is 7.17. The van der Waals surface area contributed by atoms with E-state index in [0.717, 1.165) is 11.0 Å². The van der Waals surface area contributed by atoms with Crippen molar-refractivity contribution in [3.63, 3.8) is 0 Å². The maximum absolute atomic E-state index is 12.0. The Balaban J connectivity index is 2.15. The lowest BCUT2D eigenvalue weighted by Gasteiger charge is -2.11. The fourth-order valence-corrected chi connectivity index (χ4v) is 2.35. The summed E-state index contributed by atoms with van der Waals surface area (Å²) in [5.74, 6) is 1.08. The van der Waals surface area contributed by atoms with Crippen molar-refractivity contribution >= 4 is 34.2 Å². The molecule has 0 saturated heterocycles. The molecule has 8 heteroatoms. The molecule has 3 nitrogen and oxygen atoms in total. The lowest BCUT2D eigenvalue weighted by molar-refractivity contribution is -0.174. The molecule has 116 valence electrons. The van der Waals surface area contributed by atoms with Gasteiger partial charge in [-0.05, 0) is 18.2 Å². The van der Waals surface area contributed by atoms with Gasteiger partial charge < -0.3 is 9.30 Å². The van der Waals surface area contributed by atoms with Crippen molar-refractivity contribution in [2.75, 3.05) is 19.1 Å². The van der Waals surface area contributed by atoms with Gasteiger partial charge in [-0.25, -0.2) is 4.98 Å². The molecule has 0 aliphatic heterocycles. The number of halogens is 5. The van der Waals surface area contributed by atoms with Gasteiger partial charge in [0.15, 0.2) is 0 Å². The summed E-state index contributed by atoms with van der Waals surface area (Å²) in [7, 11) is 0. The highest BCUT2D eigenvalue weighted by Gasteiger charge is 2.27. The molecule has 1 aromatic carbocycles. The molecule has 0 aliphatic rings. The Morgan fingerprint density at radius 2 is 2.05 bits per heavy atom. The zero-order valence-electron chi connectivity index (χ0n) is 11.0. The normalized spacial score (nSPS) is 12.2. The molecule has 1 aromatic heterocycles. The summed E-state index contributed by atoms with van der Waals surface area (Å²) >= 11 is 11.7. The Bertz CT molecular complexity index is 613. The molecule has 0 radical (unpaired) electrons. The van der Waals surface area contributed by atoms with E-state index in [1.54, 1.807) is 22.8 Å². The molecule has 0 aliphatic carbocycles. The van der Waals surface area contributed by atoms with Crippen LogP contribution in [0.3, 0.4) is 0 Å². The Kier molecular flexibility index (Phi) is 5.35. The van der Waals surface area contributed by atoms with Gasteiger partial charge in [-0.2, -0.15) is 13.2 Å². The number of hydrogen-bond acceptors (Lipinski definition) is 2. The average Bonchev–Trinajstić information content (AvgIpc) is 2.71. The highest BCUT2D eigenvalue weighted by Crippen LogP contribution is 2.21. The smallest absolute Gasteiger partial charge is 0.370 e. The molecule has 0 fully saturated rings. The molecule has 0 saturated carbocycles. The highest BCUT2D eigenvalue weighted by atomic mass is 35.5. The second-order valence-corrected chi connectivity index (χ2v) is 5.23. The number of aromatic nitrogens is 2. The minimum Gasteiger partial charge on any atom is -0.370 e. The molecule has 1 heterocycles. The van der Waals surface area contributed by atoms with E-state index < -0.39 is 12.8 Å². The quantitative estimate of drug-likeness (QED) is 0.586. The minimum absolute atomic E-state index is 0.0627. The van der Waals surface area contributed by atoms with Crippen LogP contribution in [-0.2, 0) is 17.7 Å². The van der Waals surface area contributed by atoms with Crippen molar-refractivity contribution in [3.05, 3.63) is 29.0 Å². The minimum atomic E-state index is -4.32. The monoisotopic (exact) mass is 340 g/mol. The van der Waals surface area contributed by atoms with Crippen LogP contribution in [0.15, 0.2) is 18.2 Å². The summed E-state index contributed by atoms with van der Waals surface area (Å²) in [5.41, 5.74) is 1.49. The molecule has 0 N–H and O–H groups in total. The van der Waals surface area contributed by atoms with E-state index in [1.165, 1.54) is 0 Å². The lowest BCUT2D eigenvalue weighted by atomic mass is 10.3. The molecular weight excluding hydrogens is 328 g/mol. The van der Waals surface area contributed by atoms with Crippen molar-refractivity contribution in [3.8, 4) is 0 Å². The summed E-state index contributed by atoms with van der Waals surface area (Å²) in [6, 6.07) is 5.21. The number of imidazole rings is 1. The zero-order valence-corrected chi connectivity index (χ0v) is 12.5. The summed E-state index contributed by atoms with van der Waals surface area (Å²) in [5, 5.41) is 0.539. The zero-order chi connectivity index (χ0) is 15.5. The maximum atomic E-state index is 12.0. The van der Waals surface area contributed by atoms with Crippen LogP contribution in [0.4, 0.5) is 13.2 Å². The van der Waals surface area contributed by atoms with E-state index >= 15 is 0 Å². The molecule has 0 amide bonds. The van der Waals surface area contributed by atoms with Gasteiger partial charge in [-0.3, -0.25) is 0 Å². The Morgan fingerprint density at radius 3 is 2.71 bits per heavy atom. The van der Waals surface area contributed by atoms with Crippen molar-refractivity contribution in [2.24, 2.45) is 0 Å². The number of alkyl halides is 4. The number of rotatable bonds is 6. The van der Waals surface area contributed by atoms with Crippen molar-refractivity contribution in [1.29, 1.82) is 0 Å². The predicted molar refractivity (Wildman–Crippen MR) is 76.0 cm³/mol. The third kappa shape index (κ3) is 4.49. The topological polar surface area (TPSA) is 27.1 Å². The predicted octanol–water partition coefficient (Wildman–Crippen LogP) is 4.05. The molecule has 0 unspecified atom stereocenters. The molecule has 0 atom stereocenters. The SMILES string of the molecule is FC(F)(F)COCCn1c(CCCl)nc2ccc(Cl)cc21. The van der Waals surface area contributed by atoms with Crippen molar-refractivity contribution in [1.82, 2.24) is 9.55 Å². The third-order valence-corrected chi connectivity index (χ3v) is 3.26. The van der Waals surface area contributed by atoms with Crippen LogP contribution >= 0.6 is 23.2 Å². The summed E-state index contributed by atoms with van der Waals surface area (Å²) in [6.45, 7) is -1.06. The van der Waals surface area contributed by atoms with Gasteiger partial charge in [0, 0.05) is 23.9 Å². The van der Waals surface area contributed by atoms with Gasteiger partial charge in [0.1, 0.15) is 12.4 Å². The Morgan fingerprint density at radius 1 is 1.29 bits per heavy atom. The van der Waals surface area contributed by atoms with Crippen LogP contribution < -0.4 is 0 Å². The van der Waals surface area contributed by atoms with Crippen LogP contribution in [0.1, 0.15) is 5.82 Å². The van der Waals surface area contributed by atoms with Crippen molar-refractivity contribution in [2.45, 2.75) is 19.1 Å². The van der Waals surface area contributed by atoms with E-state index in [4.69, 9.17) is 23.2 Å². The van der Waals surface area contributed by atoms with E-state index in [1.807, 2.05) is 0 Å². The van der Waals surface area contributed by atoms with E-state index in [-0.39, 0.29) is 13.2 Å². The summed E-state index contributed by atoms with van der Waals surface area (Å²) in [4.78, 5) is 4.41. The fourth-order valence-electron chi connectivity index (χ4n) is 2.01. The fraction of sp³-hybridized carbons (Fsp3) is 0.462. The first-order valence-electron chi connectivity index (χ1n) is 6.26. The van der Waals surface area contributed by atoms with Crippen LogP contribution in [0.5, 0.6) is 0 Å². The van der Waals surface area contributed by atoms with Gasteiger partial charge in [-0.1, -0.05) is 11.6 Å². The third-order valence-electron chi connectivity index (χ3n) is 2.83. The molecule has 21 heavy (non-hydrogen) atoms. The summed E-state index contributed by atoms with van der Waals surface area (Å²) < 4.78 is 42.6. The first-order chi connectivity index (χ1) is 9.90. The molecule has 2 rings (SSSR count). The van der Waals surface area contributed by atoms with E-state index in [9.17, 15) is 13.2 Å². The van der Waals surface area contributed by atoms with Gasteiger partial charge in [0.05, 0.1) is 17.6 Å².